The smallest absolute Gasteiger partial charge is 0.337 e. The van der Waals surface area contributed by atoms with E-state index in [2.05, 4.69) is 5.32 Å². The maximum Gasteiger partial charge on any atom is 0.337 e. The fourth-order valence-corrected chi connectivity index (χ4v) is 2.30. The van der Waals surface area contributed by atoms with Crippen LogP contribution in [0.25, 0.3) is 0 Å². The predicted octanol–water partition coefficient (Wildman–Crippen LogP) is -0.297. The summed E-state index contributed by atoms with van der Waals surface area (Å²) in [5.41, 5.74) is 3.71. The van der Waals surface area contributed by atoms with Crippen LogP contribution in [0.2, 0.25) is 0 Å². The molecule has 1 rings (SSSR count). The number of carboxylic acid groups (broad SMARTS) is 1. The monoisotopic (exact) mass is 258 g/mol. The molecule has 1 amide bonds. The predicted molar refractivity (Wildman–Crippen MR) is 65.8 cm³/mol. The number of aliphatic carboxylic acids is 1. The van der Waals surface area contributed by atoms with Crippen molar-refractivity contribution in [1.82, 2.24) is 5.32 Å². The fourth-order valence-electron chi connectivity index (χ4n) is 2.30. The van der Waals surface area contributed by atoms with Gasteiger partial charge in [0.05, 0.1) is 6.54 Å². The van der Waals surface area contributed by atoms with Crippen molar-refractivity contribution in [2.75, 3.05) is 13.1 Å². The molecule has 6 heteroatoms. The molecule has 3 unspecified atom stereocenters. The van der Waals surface area contributed by atoms with Crippen LogP contribution in [0.3, 0.4) is 0 Å². The lowest BCUT2D eigenvalue weighted by molar-refractivity contribution is -0.156. The van der Waals surface area contributed by atoms with Crippen LogP contribution >= 0.6 is 0 Å². The first-order valence-electron chi connectivity index (χ1n) is 6.32. The van der Waals surface area contributed by atoms with Gasteiger partial charge in [0.25, 0.3) is 0 Å². The number of rotatable bonds is 5. The Morgan fingerprint density at radius 2 is 2.00 bits per heavy atom. The van der Waals surface area contributed by atoms with E-state index >= 15 is 0 Å². The molecule has 3 atom stereocenters. The zero-order valence-corrected chi connectivity index (χ0v) is 10.7. The van der Waals surface area contributed by atoms with E-state index in [1.165, 1.54) is 0 Å². The van der Waals surface area contributed by atoms with Gasteiger partial charge in [-0.05, 0) is 32.2 Å². The van der Waals surface area contributed by atoms with E-state index < -0.39 is 11.6 Å². The molecule has 5 N–H and O–H groups in total. The Bertz CT molecular complexity index is 317. The molecule has 1 aliphatic carbocycles. The Labute approximate surface area is 107 Å². The average Bonchev–Trinajstić information content (AvgIpc) is 2.35. The Kier molecular flexibility index (Phi) is 5.10. The van der Waals surface area contributed by atoms with E-state index in [1.807, 2.05) is 0 Å². The van der Waals surface area contributed by atoms with Crippen molar-refractivity contribution in [2.45, 2.75) is 38.2 Å². The number of carboxylic acids is 1. The first kappa shape index (κ1) is 14.9. The number of hydrogen-bond acceptors (Lipinski definition) is 4. The molecule has 18 heavy (non-hydrogen) atoms. The summed E-state index contributed by atoms with van der Waals surface area (Å²) < 4.78 is 0. The van der Waals surface area contributed by atoms with Crippen LogP contribution in [0.5, 0.6) is 0 Å². The average molecular weight is 258 g/mol. The number of carbonyl (C=O) groups is 2. The Morgan fingerprint density at radius 3 is 2.56 bits per heavy atom. The third-order valence-corrected chi connectivity index (χ3v) is 3.62. The van der Waals surface area contributed by atoms with Crippen LogP contribution in [-0.2, 0) is 9.59 Å². The fraction of sp³-hybridized carbons (Fsp3) is 0.833. The number of hydrogen-bond donors (Lipinski definition) is 4. The molecule has 104 valence electrons. The lowest BCUT2D eigenvalue weighted by Crippen LogP contribution is -2.49. The van der Waals surface area contributed by atoms with Crippen molar-refractivity contribution < 1.29 is 19.8 Å². The van der Waals surface area contributed by atoms with Crippen molar-refractivity contribution in [2.24, 2.45) is 17.6 Å². The van der Waals surface area contributed by atoms with Crippen LogP contribution < -0.4 is 11.1 Å². The van der Waals surface area contributed by atoms with E-state index in [9.17, 15) is 14.7 Å². The van der Waals surface area contributed by atoms with Crippen LogP contribution in [0.15, 0.2) is 0 Å². The maximum atomic E-state index is 12.0. The second-order valence-electron chi connectivity index (χ2n) is 5.18. The van der Waals surface area contributed by atoms with E-state index in [1.54, 1.807) is 0 Å². The molecule has 0 spiro atoms. The third kappa shape index (κ3) is 3.68. The molecule has 1 saturated carbocycles. The topological polar surface area (TPSA) is 113 Å². The van der Waals surface area contributed by atoms with Crippen LogP contribution in [-0.4, -0.2) is 40.8 Å². The van der Waals surface area contributed by atoms with Crippen molar-refractivity contribution in [1.29, 1.82) is 0 Å². The van der Waals surface area contributed by atoms with E-state index in [0.717, 1.165) is 32.6 Å². The number of aliphatic hydroxyl groups is 1. The summed E-state index contributed by atoms with van der Waals surface area (Å²) in [6.45, 7) is 1.35. The second kappa shape index (κ2) is 6.15. The summed E-state index contributed by atoms with van der Waals surface area (Å²) in [5.74, 6) is -1.55. The lowest BCUT2D eigenvalue weighted by atomic mass is 9.78. The highest BCUT2D eigenvalue weighted by Gasteiger charge is 2.34. The molecule has 0 bridgehead atoms. The quantitative estimate of drug-likeness (QED) is 0.541. The molecule has 0 saturated heterocycles. The molecule has 0 aromatic carbocycles. The van der Waals surface area contributed by atoms with Gasteiger partial charge in [-0.2, -0.15) is 0 Å². The standard InChI is InChI=1S/C12H22N2O4/c1-12(18,11(16)17)7-14-10(15)9-5-3-2-4-8(9)6-13/h8-9,18H,2-7,13H2,1H3,(H,14,15)(H,16,17). The number of amides is 1. The zero-order valence-electron chi connectivity index (χ0n) is 10.7. The van der Waals surface area contributed by atoms with Gasteiger partial charge in [-0.25, -0.2) is 4.79 Å². The molecular weight excluding hydrogens is 236 g/mol. The molecule has 0 aliphatic heterocycles. The highest BCUT2D eigenvalue weighted by Crippen LogP contribution is 2.29. The minimum atomic E-state index is -1.93. The van der Waals surface area contributed by atoms with Crippen LogP contribution in [0, 0.1) is 11.8 Å². The third-order valence-electron chi connectivity index (χ3n) is 3.62. The lowest BCUT2D eigenvalue weighted by Gasteiger charge is -2.30. The summed E-state index contributed by atoms with van der Waals surface area (Å²) in [7, 11) is 0. The Balaban J connectivity index is 2.51. The molecule has 0 aromatic rings. The van der Waals surface area contributed by atoms with E-state index in [4.69, 9.17) is 10.8 Å². The Hall–Kier alpha value is -1.14. The van der Waals surface area contributed by atoms with Crippen molar-refractivity contribution in [3.63, 3.8) is 0 Å². The van der Waals surface area contributed by atoms with E-state index in [0.29, 0.717) is 6.54 Å². The molecular formula is C12H22N2O4. The first-order valence-corrected chi connectivity index (χ1v) is 6.32. The number of nitrogens with two attached hydrogens (primary N) is 1. The van der Waals surface area contributed by atoms with Crippen molar-refractivity contribution in [3.8, 4) is 0 Å². The number of carbonyl (C=O) groups excluding carboxylic acids is 1. The normalized spacial score (nSPS) is 27.3. The summed E-state index contributed by atoms with van der Waals surface area (Å²) in [6, 6.07) is 0. The van der Waals surface area contributed by atoms with E-state index in [-0.39, 0.29) is 24.3 Å². The molecule has 0 aromatic heterocycles. The highest BCUT2D eigenvalue weighted by atomic mass is 16.4. The van der Waals surface area contributed by atoms with Crippen LogP contribution in [0.4, 0.5) is 0 Å². The van der Waals surface area contributed by atoms with Gasteiger partial charge in [-0.15, -0.1) is 0 Å². The van der Waals surface area contributed by atoms with Gasteiger partial charge in [-0.3, -0.25) is 4.79 Å². The van der Waals surface area contributed by atoms with Gasteiger partial charge in [0.1, 0.15) is 0 Å². The molecule has 1 fully saturated rings. The summed E-state index contributed by atoms with van der Waals surface area (Å²) in [6.07, 6.45) is 3.79. The SMILES string of the molecule is CC(O)(CNC(=O)C1CCCCC1CN)C(=O)O. The second-order valence-corrected chi connectivity index (χ2v) is 5.18. The van der Waals surface area contributed by atoms with Crippen molar-refractivity contribution >= 4 is 11.9 Å². The Morgan fingerprint density at radius 1 is 1.39 bits per heavy atom. The highest BCUT2D eigenvalue weighted by molar-refractivity contribution is 5.81. The minimum absolute atomic E-state index is 0.159. The largest absolute Gasteiger partial charge is 0.479 e. The van der Waals surface area contributed by atoms with Gasteiger partial charge < -0.3 is 21.3 Å². The van der Waals surface area contributed by atoms with Gasteiger partial charge >= 0.3 is 5.97 Å². The van der Waals surface area contributed by atoms with Gasteiger partial charge in [0.2, 0.25) is 5.91 Å². The summed E-state index contributed by atoms with van der Waals surface area (Å²) in [4.78, 5) is 22.7. The van der Waals surface area contributed by atoms with Gasteiger partial charge in [-0.1, -0.05) is 12.8 Å². The van der Waals surface area contributed by atoms with Crippen LogP contribution in [0.1, 0.15) is 32.6 Å². The van der Waals surface area contributed by atoms with Gasteiger partial charge in [0, 0.05) is 5.92 Å². The van der Waals surface area contributed by atoms with Gasteiger partial charge in [0.15, 0.2) is 5.60 Å². The maximum absolute atomic E-state index is 12.0. The zero-order chi connectivity index (χ0) is 13.8. The van der Waals surface area contributed by atoms with Crippen molar-refractivity contribution in [3.05, 3.63) is 0 Å². The molecule has 0 heterocycles. The molecule has 6 nitrogen and oxygen atoms in total. The summed E-state index contributed by atoms with van der Waals surface area (Å²) in [5, 5.41) is 20.8. The minimum Gasteiger partial charge on any atom is -0.479 e. The molecule has 0 radical (unpaired) electrons. The number of nitrogens with one attached hydrogen (secondary N) is 1. The molecule has 1 aliphatic rings. The summed E-state index contributed by atoms with van der Waals surface area (Å²) >= 11 is 0. The first-order chi connectivity index (χ1) is 8.38.